The molecule has 6 heteroatoms. The van der Waals surface area contributed by atoms with Crippen molar-refractivity contribution in [2.75, 3.05) is 0 Å². The van der Waals surface area contributed by atoms with Crippen molar-refractivity contribution in [2.24, 2.45) is 0 Å². The van der Waals surface area contributed by atoms with Gasteiger partial charge in [0.25, 0.3) is 0 Å². The van der Waals surface area contributed by atoms with Crippen LogP contribution in [0.1, 0.15) is 31.1 Å². The highest BCUT2D eigenvalue weighted by Gasteiger charge is 2.09. The summed E-state index contributed by atoms with van der Waals surface area (Å²) in [6, 6.07) is 7.12. The van der Waals surface area contributed by atoms with E-state index in [0.717, 1.165) is 5.69 Å². The van der Waals surface area contributed by atoms with Crippen LogP contribution in [-0.4, -0.2) is 16.2 Å². The Balaban J connectivity index is 1.96. The van der Waals surface area contributed by atoms with Crippen LogP contribution in [0.25, 0.3) is 0 Å². The van der Waals surface area contributed by atoms with E-state index in [0.29, 0.717) is 24.7 Å². The molecule has 0 aliphatic carbocycles. The number of para-hydroxylation sites is 1. The van der Waals surface area contributed by atoms with Gasteiger partial charge in [-0.1, -0.05) is 18.2 Å². The first kappa shape index (κ1) is 15.4. The van der Waals surface area contributed by atoms with Crippen molar-refractivity contribution in [3.63, 3.8) is 0 Å². The molecule has 114 valence electrons. The van der Waals surface area contributed by atoms with Crippen LogP contribution in [0.4, 0.5) is 8.78 Å². The van der Waals surface area contributed by atoms with Gasteiger partial charge in [0.05, 0.1) is 12.0 Å². The Kier molecular flexibility index (Phi) is 5.27. The van der Waals surface area contributed by atoms with Gasteiger partial charge < -0.3 is 14.6 Å². The number of ether oxygens (including phenoxy) is 1. The highest BCUT2D eigenvalue weighted by atomic mass is 19.3. The van der Waals surface area contributed by atoms with Crippen molar-refractivity contribution in [2.45, 2.75) is 39.6 Å². The topological polar surface area (TPSA) is 39.1 Å². The van der Waals surface area contributed by atoms with Crippen LogP contribution in [0, 0.1) is 0 Å². The highest BCUT2D eigenvalue weighted by molar-refractivity contribution is 5.33. The summed E-state index contributed by atoms with van der Waals surface area (Å²) in [6.07, 6.45) is 3.59. The van der Waals surface area contributed by atoms with E-state index in [1.165, 1.54) is 0 Å². The lowest BCUT2D eigenvalue weighted by Gasteiger charge is -2.14. The van der Waals surface area contributed by atoms with Gasteiger partial charge in [-0.2, -0.15) is 8.78 Å². The van der Waals surface area contributed by atoms with E-state index in [9.17, 15) is 8.78 Å². The molecule has 4 nitrogen and oxygen atoms in total. The molecule has 2 aromatic rings. The number of aromatic nitrogens is 2. The minimum Gasteiger partial charge on any atom is -0.434 e. The molecule has 0 amide bonds. The summed E-state index contributed by atoms with van der Waals surface area (Å²) in [7, 11) is 0. The van der Waals surface area contributed by atoms with Gasteiger partial charge in [0.2, 0.25) is 0 Å². The van der Waals surface area contributed by atoms with E-state index >= 15 is 0 Å². The number of rotatable bonds is 7. The van der Waals surface area contributed by atoms with E-state index in [2.05, 4.69) is 33.5 Å². The van der Waals surface area contributed by atoms with Crippen LogP contribution in [0.15, 0.2) is 36.8 Å². The van der Waals surface area contributed by atoms with Crippen LogP contribution in [0.3, 0.4) is 0 Å². The number of hydrogen-bond donors (Lipinski definition) is 1. The molecule has 0 atom stereocenters. The van der Waals surface area contributed by atoms with Crippen molar-refractivity contribution in [3.05, 3.63) is 48.0 Å². The molecular formula is C15H19F2N3O. The molecular weight excluding hydrogens is 276 g/mol. The standard InChI is InChI=1S/C15H19F2N3O/c1-11(2)20-10-19-9-13(20)8-18-7-12-5-3-4-6-14(12)21-15(16)17/h3-6,9-11,15,18H,7-8H2,1-2H3. The van der Waals surface area contributed by atoms with E-state index < -0.39 is 6.61 Å². The van der Waals surface area contributed by atoms with Crippen LogP contribution in [0.2, 0.25) is 0 Å². The Morgan fingerprint density at radius 1 is 1.24 bits per heavy atom. The van der Waals surface area contributed by atoms with Crippen LogP contribution < -0.4 is 10.1 Å². The van der Waals surface area contributed by atoms with Crippen LogP contribution >= 0.6 is 0 Å². The summed E-state index contributed by atoms with van der Waals surface area (Å²) in [6.45, 7) is 2.41. The van der Waals surface area contributed by atoms with Gasteiger partial charge in [-0.15, -0.1) is 0 Å². The largest absolute Gasteiger partial charge is 0.434 e. The number of nitrogens with zero attached hydrogens (tertiary/aromatic N) is 2. The van der Waals surface area contributed by atoms with E-state index in [1.54, 1.807) is 36.8 Å². The van der Waals surface area contributed by atoms with Crippen molar-refractivity contribution < 1.29 is 13.5 Å². The molecule has 0 fully saturated rings. The van der Waals surface area contributed by atoms with Crippen molar-refractivity contribution in [3.8, 4) is 5.75 Å². The molecule has 1 N–H and O–H groups in total. The lowest BCUT2D eigenvalue weighted by atomic mass is 10.2. The van der Waals surface area contributed by atoms with E-state index in [4.69, 9.17) is 0 Å². The molecule has 0 aliphatic heterocycles. The van der Waals surface area contributed by atoms with Gasteiger partial charge in [-0.25, -0.2) is 4.98 Å². The highest BCUT2D eigenvalue weighted by Crippen LogP contribution is 2.20. The molecule has 0 saturated carbocycles. The van der Waals surface area contributed by atoms with Crippen molar-refractivity contribution in [1.82, 2.24) is 14.9 Å². The summed E-state index contributed by atoms with van der Waals surface area (Å²) in [5.41, 5.74) is 1.76. The average molecular weight is 295 g/mol. The third-order valence-electron chi connectivity index (χ3n) is 3.11. The predicted molar refractivity (Wildman–Crippen MR) is 76.2 cm³/mol. The molecule has 1 heterocycles. The summed E-state index contributed by atoms with van der Waals surface area (Å²) in [5, 5.41) is 3.23. The number of nitrogens with one attached hydrogen (secondary N) is 1. The molecule has 0 spiro atoms. The van der Waals surface area contributed by atoms with E-state index in [-0.39, 0.29) is 5.75 Å². The fourth-order valence-corrected chi connectivity index (χ4v) is 2.12. The maximum absolute atomic E-state index is 12.3. The minimum absolute atomic E-state index is 0.206. The Morgan fingerprint density at radius 3 is 2.71 bits per heavy atom. The second-order valence-corrected chi connectivity index (χ2v) is 4.98. The van der Waals surface area contributed by atoms with Gasteiger partial charge in [0.1, 0.15) is 5.75 Å². The Bertz CT molecular complexity index is 570. The maximum atomic E-state index is 12.3. The average Bonchev–Trinajstić information content (AvgIpc) is 2.88. The molecule has 2 rings (SSSR count). The maximum Gasteiger partial charge on any atom is 0.387 e. The molecule has 21 heavy (non-hydrogen) atoms. The molecule has 0 radical (unpaired) electrons. The predicted octanol–water partition coefficient (Wildman–Crippen LogP) is 3.36. The molecule has 0 unspecified atom stereocenters. The van der Waals surface area contributed by atoms with Crippen molar-refractivity contribution in [1.29, 1.82) is 0 Å². The van der Waals surface area contributed by atoms with Crippen molar-refractivity contribution >= 4 is 0 Å². The lowest BCUT2D eigenvalue weighted by Crippen LogP contribution is -2.17. The third kappa shape index (κ3) is 4.26. The number of benzene rings is 1. The number of hydrogen-bond acceptors (Lipinski definition) is 3. The number of alkyl halides is 2. The first-order valence-corrected chi connectivity index (χ1v) is 6.82. The van der Waals surface area contributed by atoms with E-state index in [1.807, 2.05) is 0 Å². The lowest BCUT2D eigenvalue weighted by molar-refractivity contribution is -0.0505. The quantitative estimate of drug-likeness (QED) is 0.851. The normalized spacial score (nSPS) is 11.3. The smallest absolute Gasteiger partial charge is 0.387 e. The van der Waals surface area contributed by atoms with Crippen LogP contribution in [0.5, 0.6) is 5.75 Å². The van der Waals surface area contributed by atoms with Gasteiger partial charge in [-0.3, -0.25) is 0 Å². The fraction of sp³-hybridized carbons (Fsp3) is 0.400. The molecule has 1 aromatic heterocycles. The first-order chi connectivity index (χ1) is 10.1. The summed E-state index contributed by atoms with van der Waals surface area (Å²) < 4.78 is 31.2. The van der Waals surface area contributed by atoms with Gasteiger partial charge in [0, 0.05) is 30.9 Å². The zero-order valence-corrected chi connectivity index (χ0v) is 12.1. The second-order valence-electron chi connectivity index (χ2n) is 4.98. The number of halogens is 2. The third-order valence-corrected chi connectivity index (χ3v) is 3.11. The Labute approximate surface area is 122 Å². The minimum atomic E-state index is -2.81. The monoisotopic (exact) mass is 295 g/mol. The zero-order chi connectivity index (χ0) is 15.2. The summed E-state index contributed by atoms with van der Waals surface area (Å²) in [5.74, 6) is 0.206. The number of imidazole rings is 1. The Morgan fingerprint density at radius 2 is 2.00 bits per heavy atom. The molecule has 0 saturated heterocycles. The SMILES string of the molecule is CC(C)n1cncc1CNCc1ccccc1OC(F)F. The van der Waals surface area contributed by atoms with Crippen LogP contribution in [-0.2, 0) is 13.1 Å². The molecule has 1 aromatic carbocycles. The molecule has 0 aliphatic rings. The zero-order valence-electron chi connectivity index (χ0n) is 12.1. The van der Waals surface area contributed by atoms with Gasteiger partial charge in [0.15, 0.2) is 0 Å². The summed E-state index contributed by atoms with van der Waals surface area (Å²) >= 11 is 0. The second kappa shape index (κ2) is 7.17. The fourth-order valence-electron chi connectivity index (χ4n) is 2.12. The van der Waals surface area contributed by atoms with Gasteiger partial charge in [-0.05, 0) is 19.9 Å². The summed E-state index contributed by atoms with van der Waals surface area (Å²) in [4.78, 5) is 4.13. The molecule has 0 bridgehead atoms. The Hall–Kier alpha value is -1.95. The first-order valence-electron chi connectivity index (χ1n) is 6.82. The van der Waals surface area contributed by atoms with Gasteiger partial charge >= 0.3 is 6.61 Å².